The van der Waals surface area contributed by atoms with Crippen molar-refractivity contribution in [2.45, 2.75) is 45.2 Å². The molecule has 3 atom stereocenters. The number of benzene rings is 1. The number of fused-ring (bicyclic) bond motifs is 2. The first-order valence-corrected chi connectivity index (χ1v) is 7.50. The second-order valence-corrected chi connectivity index (χ2v) is 6.61. The number of hydrogen-bond acceptors (Lipinski definition) is 1. The van der Waals surface area contributed by atoms with Crippen molar-refractivity contribution in [3.63, 3.8) is 0 Å². The third kappa shape index (κ3) is 2.43. The summed E-state index contributed by atoms with van der Waals surface area (Å²) in [5.74, 6) is 1.99. The SMILES string of the molecule is Cc1ccc(CNC2CC3CCC2C3)c(Br)c1. The van der Waals surface area contributed by atoms with Crippen LogP contribution in [-0.2, 0) is 6.54 Å². The predicted octanol–water partition coefficient (Wildman–Crippen LogP) is 4.04. The van der Waals surface area contributed by atoms with Gasteiger partial charge >= 0.3 is 0 Å². The van der Waals surface area contributed by atoms with Gasteiger partial charge in [-0.1, -0.05) is 34.5 Å². The Bertz CT molecular complexity index is 415. The summed E-state index contributed by atoms with van der Waals surface area (Å²) in [4.78, 5) is 0. The zero-order chi connectivity index (χ0) is 11.8. The van der Waals surface area contributed by atoms with Gasteiger partial charge in [-0.15, -0.1) is 0 Å². The Morgan fingerprint density at radius 3 is 2.82 bits per heavy atom. The lowest BCUT2D eigenvalue weighted by Crippen LogP contribution is -2.33. The minimum atomic E-state index is 0.780. The summed E-state index contributed by atoms with van der Waals surface area (Å²) >= 11 is 3.66. The molecular formula is C15H20BrN. The highest BCUT2D eigenvalue weighted by atomic mass is 79.9. The molecule has 2 fully saturated rings. The van der Waals surface area contributed by atoms with Gasteiger partial charge < -0.3 is 5.32 Å². The van der Waals surface area contributed by atoms with Crippen LogP contribution in [0.4, 0.5) is 0 Å². The second-order valence-electron chi connectivity index (χ2n) is 5.76. The first-order chi connectivity index (χ1) is 8.22. The van der Waals surface area contributed by atoms with E-state index in [1.165, 1.54) is 41.3 Å². The normalized spacial score (nSPS) is 31.1. The smallest absolute Gasteiger partial charge is 0.0222 e. The quantitative estimate of drug-likeness (QED) is 0.887. The van der Waals surface area contributed by atoms with Crippen LogP contribution in [0.5, 0.6) is 0 Å². The van der Waals surface area contributed by atoms with Crippen molar-refractivity contribution >= 4 is 15.9 Å². The topological polar surface area (TPSA) is 12.0 Å². The maximum absolute atomic E-state index is 3.76. The highest BCUT2D eigenvalue weighted by molar-refractivity contribution is 9.10. The summed E-state index contributed by atoms with van der Waals surface area (Å²) in [7, 11) is 0. The monoisotopic (exact) mass is 293 g/mol. The standard InChI is InChI=1S/C15H20BrN/c1-10-2-4-13(14(16)6-10)9-17-15-8-11-3-5-12(15)7-11/h2,4,6,11-12,15,17H,3,5,7-9H2,1H3. The third-order valence-electron chi connectivity index (χ3n) is 4.50. The molecule has 17 heavy (non-hydrogen) atoms. The van der Waals surface area contributed by atoms with E-state index < -0.39 is 0 Å². The molecule has 0 saturated heterocycles. The number of nitrogens with one attached hydrogen (secondary N) is 1. The summed E-state index contributed by atoms with van der Waals surface area (Å²) in [5.41, 5.74) is 2.71. The van der Waals surface area contributed by atoms with Crippen LogP contribution in [0, 0.1) is 18.8 Å². The van der Waals surface area contributed by atoms with Gasteiger partial charge in [0.05, 0.1) is 0 Å². The Hall–Kier alpha value is -0.340. The number of aryl methyl sites for hydroxylation is 1. The van der Waals surface area contributed by atoms with E-state index in [-0.39, 0.29) is 0 Å². The zero-order valence-corrected chi connectivity index (χ0v) is 12.0. The predicted molar refractivity (Wildman–Crippen MR) is 75.0 cm³/mol. The lowest BCUT2D eigenvalue weighted by atomic mass is 9.95. The molecule has 1 aromatic carbocycles. The van der Waals surface area contributed by atoms with Crippen molar-refractivity contribution in [3.8, 4) is 0 Å². The Labute approximate surface area is 112 Å². The molecule has 0 heterocycles. The van der Waals surface area contributed by atoms with Gasteiger partial charge in [-0.3, -0.25) is 0 Å². The van der Waals surface area contributed by atoms with E-state index >= 15 is 0 Å². The first-order valence-electron chi connectivity index (χ1n) is 6.71. The average molecular weight is 294 g/mol. The van der Waals surface area contributed by atoms with E-state index in [4.69, 9.17) is 0 Å². The average Bonchev–Trinajstić information content (AvgIpc) is 2.89. The zero-order valence-electron chi connectivity index (χ0n) is 10.4. The molecule has 92 valence electrons. The molecule has 0 amide bonds. The Morgan fingerprint density at radius 1 is 1.29 bits per heavy atom. The van der Waals surface area contributed by atoms with E-state index in [0.717, 1.165) is 24.4 Å². The summed E-state index contributed by atoms with van der Waals surface area (Å²) in [6.07, 6.45) is 5.83. The van der Waals surface area contributed by atoms with Gasteiger partial charge in [0, 0.05) is 17.1 Å². The molecule has 1 aromatic rings. The first kappa shape index (κ1) is 11.7. The van der Waals surface area contributed by atoms with Crippen molar-refractivity contribution in [3.05, 3.63) is 33.8 Å². The van der Waals surface area contributed by atoms with Crippen LogP contribution in [0.2, 0.25) is 0 Å². The van der Waals surface area contributed by atoms with Gasteiger partial charge in [0.25, 0.3) is 0 Å². The van der Waals surface area contributed by atoms with Gasteiger partial charge in [-0.25, -0.2) is 0 Å². The Kier molecular flexibility index (Phi) is 3.27. The maximum Gasteiger partial charge on any atom is 0.0222 e. The van der Waals surface area contributed by atoms with Gasteiger partial charge in [0.1, 0.15) is 0 Å². The molecule has 2 aliphatic rings. The molecule has 1 N–H and O–H groups in total. The van der Waals surface area contributed by atoms with E-state index in [1.54, 1.807) is 0 Å². The van der Waals surface area contributed by atoms with Crippen molar-refractivity contribution < 1.29 is 0 Å². The minimum Gasteiger partial charge on any atom is -0.310 e. The van der Waals surface area contributed by atoms with Gasteiger partial charge in [0.15, 0.2) is 0 Å². The molecule has 0 radical (unpaired) electrons. The van der Waals surface area contributed by atoms with E-state index in [2.05, 4.69) is 46.4 Å². The third-order valence-corrected chi connectivity index (χ3v) is 5.24. The maximum atomic E-state index is 3.76. The molecule has 2 bridgehead atoms. The largest absolute Gasteiger partial charge is 0.310 e. The number of halogens is 1. The van der Waals surface area contributed by atoms with Crippen molar-refractivity contribution in [1.29, 1.82) is 0 Å². The molecule has 3 rings (SSSR count). The molecule has 0 aromatic heterocycles. The molecule has 0 aliphatic heterocycles. The molecule has 0 spiro atoms. The van der Waals surface area contributed by atoms with Crippen LogP contribution in [-0.4, -0.2) is 6.04 Å². The molecule has 1 nitrogen and oxygen atoms in total. The molecular weight excluding hydrogens is 274 g/mol. The van der Waals surface area contributed by atoms with E-state index in [9.17, 15) is 0 Å². The summed E-state index contributed by atoms with van der Waals surface area (Å²) in [5, 5.41) is 3.76. The number of rotatable bonds is 3. The molecule has 2 aliphatic carbocycles. The van der Waals surface area contributed by atoms with Crippen LogP contribution >= 0.6 is 15.9 Å². The van der Waals surface area contributed by atoms with Gasteiger partial charge in [-0.2, -0.15) is 0 Å². The molecule has 3 unspecified atom stereocenters. The van der Waals surface area contributed by atoms with Gasteiger partial charge in [0.2, 0.25) is 0 Å². The molecule has 2 saturated carbocycles. The highest BCUT2D eigenvalue weighted by Crippen LogP contribution is 2.44. The fraction of sp³-hybridized carbons (Fsp3) is 0.600. The fourth-order valence-corrected chi connectivity index (χ4v) is 4.16. The van der Waals surface area contributed by atoms with E-state index in [1.807, 2.05) is 0 Å². The summed E-state index contributed by atoms with van der Waals surface area (Å²) in [6.45, 7) is 3.15. The fourth-order valence-electron chi connectivity index (χ4n) is 3.53. The Morgan fingerprint density at radius 2 is 2.18 bits per heavy atom. The minimum absolute atomic E-state index is 0.780. The van der Waals surface area contributed by atoms with Gasteiger partial charge in [-0.05, 0) is 55.2 Å². The number of hydrogen-bond donors (Lipinski definition) is 1. The van der Waals surface area contributed by atoms with Crippen LogP contribution in [0.15, 0.2) is 22.7 Å². The lowest BCUT2D eigenvalue weighted by molar-refractivity contribution is 0.350. The lowest BCUT2D eigenvalue weighted by Gasteiger charge is -2.23. The van der Waals surface area contributed by atoms with E-state index in [0.29, 0.717) is 0 Å². The molecule has 2 heteroatoms. The van der Waals surface area contributed by atoms with Crippen LogP contribution in [0.25, 0.3) is 0 Å². The van der Waals surface area contributed by atoms with Crippen LogP contribution < -0.4 is 5.32 Å². The van der Waals surface area contributed by atoms with Crippen LogP contribution in [0.1, 0.15) is 36.8 Å². The van der Waals surface area contributed by atoms with Crippen molar-refractivity contribution in [2.24, 2.45) is 11.8 Å². The highest BCUT2D eigenvalue weighted by Gasteiger charge is 2.38. The second kappa shape index (κ2) is 4.74. The Balaban J connectivity index is 1.60. The van der Waals surface area contributed by atoms with Crippen molar-refractivity contribution in [1.82, 2.24) is 5.32 Å². The van der Waals surface area contributed by atoms with Crippen LogP contribution in [0.3, 0.4) is 0 Å². The van der Waals surface area contributed by atoms with Crippen molar-refractivity contribution in [2.75, 3.05) is 0 Å². The summed E-state index contributed by atoms with van der Waals surface area (Å²) in [6, 6.07) is 7.42. The summed E-state index contributed by atoms with van der Waals surface area (Å²) < 4.78 is 1.24.